The minimum absolute atomic E-state index is 0.267. The molecule has 0 aliphatic rings. The summed E-state index contributed by atoms with van der Waals surface area (Å²) in [5.41, 5.74) is 0. The average molecular weight is 309 g/mol. The zero-order chi connectivity index (χ0) is 13.2. The molecule has 0 fully saturated rings. The molecule has 3 aromatic rings. The predicted octanol–water partition coefficient (Wildman–Crippen LogP) is 4.34. The third-order valence-electron chi connectivity index (χ3n) is 2.53. The molecule has 0 aliphatic heterocycles. The molecule has 0 spiro atoms. The monoisotopic (exact) mass is 308 g/mol. The van der Waals surface area contributed by atoms with Crippen molar-refractivity contribution in [3.63, 3.8) is 0 Å². The Hall–Kier alpha value is -1.30. The largest absolute Gasteiger partial charge is 0.508 e. The Bertz CT molecular complexity index is 712. The van der Waals surface area contributed by atoms with E-state index < -0.39 is 0 Å². The molecule has 1 N–H and O–H groups in total. The number of benzene rings is 1. The van der Waals surface area contributed by atoms with E-state index in [1.54, 1.807) is 35.2 Å². The molecule has 0 atom stereocenters. The fourth-order valence-corrected chi connectivity index (χ4v) is 3.46. The van der Waals surface area contributed by atoms with Gasteiger partial charge in [-0.05, 0) is 35.7 Å². The number of rotatable bonds is 3. The van der Waals surface area contributed by atoms with Crippen LogP contribution < -0.4 is 0 Å². The van der Waals surface area contributed by atoms with E-state index in [1.807, 2.05) is 23.6 Å². The first-order chi connectivity index (χ1) is 9.22. The van der Waals surface area contributed by atoms with E-state index in [0.29, 0.717) is 10.9 Å². The van der Waals surface area contributed by atoms with Gasteiger partial charge in [0.05, 0.1) is 5.75 Å². The summed E-state index contributed by atoms with van der Waals surface area (Å²) in [5.74, 6) is 1.64. The van der Waals surface area contributed by atoms with Crippen LogP contribution in [-0.2, 0) is 5.75 Å². The molecule has 3 nitrogen and oxygen atoms in total. The van der Waals surface area contributed by atoms with Gasteiger partial charge in [0.15, 0.2) is 0 Å². The number of fused-ring (bicyclic) bond motifs is 1. The number of thiophene rings is 1. The molecule has 0 unspecified atom stereocenters. The Morgan fingerprint density at radius 2 is 1.95 bits per heavy atom. The normalized spacial score (nSPS) is 11.0. The van der Waals surface area contributed by atoms with Crippen molar-refractivity contribution in [2.45, 2.75) is 10.6 Å². The molecule has 2 aromatic heterocycles. The van der Waals surface area contributed by atoms with Crippen LogP contribution in [0.2, 0.25) is 5.15 Å². The third kappa shape index (κ3) is 2.83. The molecular weight excluding hydrogens is 300 g/mol. The molecule has 0 amide bonds. The van der Waals surface area contributed by atoms with Crippen LogP contribution in [0.15, 0.2) is 40.6 Å². The maximum Gasteiger partial charge on any atom is 0.142 e. The fraction of sp³-hybridized carbons (Fsp3) is 0.0769. The average Bonchev–Trinajstić information content (AvgIpc) is 2.87. The summed E-state index contributed by atoms with van der Waals surface area (Å²) in [6.07, 6.45) is 0. The molecule has 0 saturated carbocycles. The van der Waals surface area contributed by atoms with Gasteiger partial charge in [0, 0.05) is 10.3 Å². The van der Waals surface area contributed by atoms with Crippen LogP contribution in [0.5, 0.6) is 5.75 Å². The van der Waals surface area contributed by atoms with Crippen LogP contribution in [-0.4, -0.2) is 15.1 Å². The van der Waals surface area contributed by atoms with Gasteiger partial charge in [-0.3, -0.25) is 0 Å². The summed E-state index contributed by atoms with van der Waals surface area (Å²) in [6.45, 7) is 0. The van der Waals surface area contributed by atoms with Crippen LogP contribution in [0.1, 0.15) is 5.82 Å². The first kappa shape index (κ1) is 12.7. The van der Waals surface area contributed by atoms with Crippen molar-refractivity contribution in [2.75, 3.05) is 0 Å². The molecule has 96 valence electrons. The number of hydrogen-bond donors (Lipinski definition) is 1. The first-order valence-electron chi connectivity index (χ1n) is 5.54. The molecule has 0 saturated heterocycles. The summed E-state index contributed by atoms with van der Waals surface area (Å²) >= 11 is 9.29. The number of phenolic OH excluding ortho intramolecular Hbond substituents is 1. The van der Waals surface area contributed by atoms with Crippen LogP contribution in [0, 0.1) is 0 Å². The quantitative estimate of drug-likeness (QED) is 0.577. The molecule has 1 aromatic carbocycles. The smallest absolute Gasteiger partial charge is 0.142 e. The first-order valence-corrected chi connectivity index (χ1v) is 7.78. The molecule has 0 radical (unpaired) electrons. The Balaban J connectivity index is 1.79. The Labute approximate surface area is 123 Å². The molecule has 0 bridgehead atoms. The Morgan fingerprint density at radius 1 is 1.16 bits per heavy atom. The predicted molar refractivity (Wildman–Crippen MR) is 80.1 cm³/mol. The highest BCUT2D eigenvalue weighted by Crippen LogP contribution is 2.28. The van der Waals surface area contributed by atoms with Gasteiger partial charge in [0.25, 0.3) is 0 Å². The van der Waals surface area contributed by atoms with Crippen molar-refractivity contribution >= 4 is 44.9 Å². The summed E-state index contributed by atoms with van der Waals surface area (Å²) in [5, 5.41) is 12.6. The molecule has 3 rings (SSSR count). The molecule has 6 heteroatoms. The van der Waals surface area contributed by atoms with Crippen LogP contribution >= 0.6 is 34.7 Å². The maximum atomic E-state index is 9.22. The lowest BCUT2D eigenvalue weighted by molar-refractivity contribution is 0.475. The number of nitrogens with zero attached hydrogens (tertiary/aromatic N) is 2. The van der Waals surface area contributed by atoms with Gasteiger partial charge in [-0.25, -0.2) is 9.97 Å². The second-order valence-corrected chi connectivity index (χ2v) is 6.15. The van der Waals surface area contributed by atoms with E-state index in [2.05, 4.69) is 9.97 Å². The van der Waals surface area contributed by atoms with Gasteiger partial charge in [0.2, 0.25) is 0 Å². The second-order valence-electron chi connectivity index (χ2n) is 3.85. The van der Waals surface area contributed by atoms with E-state index in [4.69, 9.17) is 11.6 Å². The van der Waals surface area contributed by atoms with Gasteiger partial charge >= 0.3 is 0 Å². The highest BCUT2D eigenvalue weighted by atomic mass is 35.5. The van der Waals surface area contributed by atoms with Crippen molar-refractivity contribution in [3.05, 3.63) is 46.7 Å². The number of phenols is 1. The van der Waals surface area contributed by atoms with Gasteiger partial charge in [-0.1, -0.05) is 11.6 Å². The number of aromatic nitrogens is 2. The van der Waals surface area contributed by atoms with E-state index in [1.165, 1.54) is 0 Å². The highest BCUT2D eigenvalue weighted by Gasteiger charge is 2.07. The van der Waals surface area contributed by atoms with Gasteiger partial charge in [0.1, 0.15) is 21.6 Å². The van der Waals surface area contributed by atoms with Crippen molar-refractivity contribution in [1.82, 2.24) is 9.97 Å². The van der Waals surface area contributed by atoms with Crippen LogP contribution in [0.3, 0.4) is 0 Å². The van der Waals surface area contributed by atoms with Crippen molar-refractivity contribution in [1.29, 1.82) is 0 Å². The summed E-state index contributed by atoms with van der Waals surface area (Å²) in [7, 11) is 0. The van der Waals surface area contributed by atoms with Gasteiger partial charge < -0.3 is 5.11 Å². The summed E-state index contributed by atoms with van der Waals surface area (Å²) in [6, 6.07) is 8.99. The van der Waals surface area contributed by atoms with E-state index >= 15 is 0 Å². The zero-order valence-electron chi connectivity index (χ0n) is 9.71. The lowest BCUT2D eigenvalue weighted by Gasteiger charge is -2.02. The fourth-order valence-electron chi connectivity index (χ4n) is 1.62. The third-order valence-corrected chi connectivity index (χ3v) is 4.63. The summed E-state index contributed by atoms with van der Waals surface area (Å²) < 4.78 is 0. The summed E-state index contributed by atoms with van der Waals surface area (Å²) in [4.78, 5) is 10.8. The minimum atomic E-state index is 0.267. The molecule has 19 heavy (non-hydrogen) atoms. The number of thioether (sulfide) groups is 1. The lowest BCUT2D eigenvalue weighted by Crippen LogP contribution is -1.92. The number of hydrogen-bond acceptors (Lipinski definition) is 5. The van der Waals surface area contributed by atoms with Crippen molar-refractivity contribution in [3.8, 4) is 5.75 Å². The Kier molecular flexibility index (Phi) is 3.59. The standard InChI is InChI=1S/C13H9ClN2OS2/c14-12-10-5-6-18-13(10)16-11(15-12)7-19-9-3-1-8(17)2-4-9/h1-6,17H,7H2. The van der Waals surface area contributed by atoms with E-state index in [-0.39, 0.29) is 5.75 Å². The van der Waals surface area contributed by atoms with Crippen molar-refractivity contribution < 1.29 is 5.11 Å². The van der Waals surface area contributed by atoms with Crippen LogP contribution in [0.25, 0.3) is 10.2 Å². The van der Waals surface area contributed by atoms with Gasteiger partial charge in [-0.2, -0.15) is 0 Å². The minimum Gasteiger partial charge on any atom is -0.508 e. The highest BCUT2D eigenvalue weighted by molar-refractivity contribution is 7.98. The van der Waals surface area contributed by atoms with E-state index in [9.17, 15) is 5.11 Å². The maximum absolute atomic E-state index is 9.22. The molecular formula is C13H9ClN2OS2. The SMILES string of the molecule is Oc1ccc(SCc2nc(Cl)c3ccsc3n2)cc1. The lowest BCUT2D eigenvalue weighted by atomic mass is 10.3. The second kappa shape index (κ2) is 5.36. The topological polar surface area (TPSA) is 46.0 Å². The van der Waals surface area contributed by atoms with E-state index in [0.717, 1.165) is 20.9 Å². The van der Waals surface area contributed by atoms with Crippen molar-refractivity contribution in [2.24, 2.45) is 0 Å². The Morgan fingerprint density at radius 3 is 2.74 bits per heavy atom. The molecule has 0 aliphatic carbocycles. The van der Waals surface area contributed by atoms with Crippen LogP contribution in [0.4, 0.5) is 0 Å². The number of aromatic hydroxyl groups is 1. The number of halogens is 1. The zero-order valence-corrected chi connectivity index (χ0v) is 12.1. The molecule has 2 heterocycles. The van der Waals surface area contributed by atoms with Gasteiger partial charge in [-0.15, -0.1) is 23.1 Å².